The zero-order chi connectivity index (χ0) is 21.8. The molecule has 0 radical (unpaired) electrons. The maximum absolute atomic E-state index is 13.7. The Bertz CT molecular complexity index is 1050. The number of halogens is 1. The number of hydrogen-bond acceptors (Lipinski definition) is 4. The topological polar surface area (TPSA) is 39.7 Å². The zero-order valence-corrected chi connectivity index (χ0v) is 18.3. The third-order valence-corrected chi connectivity index (χ3v) is 5.06. The molecule has 1 aromatic heterocycles. The molecule has 6 heteroatoms. The lowest BCUT2D eigenvalue weighted by molar-refractivity contribution is 0.0731. The molecule has 158 valence electrons. The molecule has 3 rings (SSSR count). The van der Waals surface area contributed by atoms with Crippen LogP contribution >= 0.6 is 0 Å². The molecule has 1 heterocycles. The Labute approximate surface area is 177 Å². The first-order valence-electron chi connectivity index (χ1n) is 10.0. The van der Waals surface area contributed by atoms with Gasteiger partial charge in [-0.1, -0.05) is 24.3 Å². The largest absolute Gasteiger partial charge is 0.362 e. The maximum Gasteiger partial charge on any atom is 0.254 e. The molecule has 30 heavy (non-hydrogen) atoms. The highest BCUT2D eigenvalue weighted by Gasteiger charge is 2.20. The lowest BCUT2D eigenvalue weighted by Gasteiger charge is -2.27. The van der Waals surface area contributed by atoms with Crippen molar-refractivity contribution in [3.63, 3.8) is 0 Å². The van der Waals surface area contributed by atoms with Crippen LogP contribution in [0, 0.1) is 12.7 Å². The molecule has 3 aromatic rings. The number of rotatable bonds is 7. The van der Waals surface area contributed by atoms with Crippen molar-refractivity contribution in [3.8, 4) is 0 Å². The van der Waals surface area contributed by atoms with E-state index in [0.717, 1.165) is 27.8 Å². The van der Waals surface area contributed by atoms with Gasteiger partial charge in [0.1, 0.15) is 11.6 Å². The summed E-state index contributed by atoms with van der Waals surface area (Å²) in [6.07, 6.45) is 0. The van der Waals surface area contributed by atoms with Gasteiger partial charge in [0.2, 0.25) is 0 Å². The van der Waals surface area contributed by atoms with Crippen molar-refractivity contribution in [3.05, 3.63) is 71.0 Å². The van der Waals surface area contributed by atoms with Gasteiger partial charge in [0.05, 0.1) is 5.52 Å². The number of carbonyl (C=O) groups is 1. The van der Waals surface area contributed by atoms with Crippen LogP contribution in [0.4, 0.5) is 10.2 Å². The van der Waals surface area contributed by atoms with E-state index in [1.54, 1.807) is 17.0 Å². The molecule has 2 aromatic carbocycles. The Hall–Kier alpha value is -2.99. The minimum absolute atomic E-state index is 0.189. The second kappa shape index (κ2) is 9.22. The second-order valence-electron chi connectivity index (χ2n) is 8.05. The Kier molecular flexibility index (Phi) is 6.67. The van der Waals surface area contributed by atoms with E-state index in [1.807, 2.05) is 63.1 Å². The third kappa shape index (κ3) is 4.94. The van der Waals surface area contributed by atoms with E-state index in [0.29, 0.717) is 25.2 Å². The number of aryl methyl sites for hydroxylation is 1. The number of likely N-dealkylation sites (N-methyl/N-ethyl adjacent to an activating group) is 1. The number of anilines is 1. The van der Waals surface area contributed by atoms with Gasteiger partial charge in [0.15, 0.2) is 0 Å². The minimum atomic E-state index is -0.412. The molecule has 0 unspecified atom stereocenters. The number of fused-ring (bicyclic) bond motifs is 1. The van der Waals surface area contributed by atoms with E-state index in [1.165, 1.54) is 12.1 Å². The minimum Gasteiger partial charge on any atom is -0.362 e. The predicted molar refractivity (Wildman–Crippen MR) is 121 cm³/mol. The highest BCUT2D eigenvalue weighted by Crippen LogP contribution is 2.26. The first-order chi connectivity index (χ1) is 14.3. The Morgan fingerprint density at radius 1 is 1.00 bits per heavy atom. The summed E-state index contributed by atoms with van der Waals surface area (Å²) in [5, 5.41) is 1.04. The van der Waals surface area contributed by atoms with Crippen molar-refractivity contribution >= 4 is 22.6 Å². The molecule has 0 aliphatic carbocycles. The van der Waals surface area contributed by atoms with Crippen LogP contribution in [-0.4, -0.2) is 62.0 Å². The number of carbonyl (C=O) groups excluding carboxylic acids is 1. The average Bonchev–Trinajstić information content (AvgIpc) is 2.70. The highest BCUT2D eigenvalue weighted by atomic mass is 19.1. The molecular weight excluding hydrogens is 379 g/mol. The van der Waals surface area contributed by atoms with E-state index in [-0.39, 0.29) is 5.91 Å². The first kappa shape index (κ1) is 21.7. The lowest BCUT2D eigenvalue weighted by Crippen LogP contribution is -2.36. The van der Waals surface area contributed by atoms with Crippen LogP contribution in [0.3, 0.4) is 0 Å². The number of para-hydroxylation sites is 1. The summed E-state index contributed by atoms with van der Waals surface area (Å²) >= 11 is 0. The SMILES string of the molecule is Cc1cccc2cc(CN(CCN(C)C)C(=O)c3cccc(F)c3)c(N(C)C)nc12. The summed E-state index contributed by atoms with van der Waals surface area (Å²) in [6.45, 7) is 3.68. The molecule has 0 N–H and O–H groups in total. The summed E-state index contributed by atoms with van der Waals surface area (Å²) in [5.74, 6) is 0.231. The third-order valence-electron chi connectivity index (χ3n) is 5.06. The molecule has 5 nitrogen and oxygen atoms in total. The summed E-state index contributed by atoms with van der Waals surface area (Å²) in [6, 6.07) is 14.1. The fourth-order valence-corrected chi connectivity index (χ4v) is 3.47. The molecule has 1 amide bonds. The van der Waals surface area contributed by atoms with Gasteiger partial charge in [-0.15, -0.1) is 0 Å². The fraction of sp³-hybridized carbons (Fsp3) is 0.333. The van der Waals surface area contributed by atoms with Crippen LogP contribution in [0.15, 0.2) is 48.5 Å². The number of pyridine rings is 1. The van der Waals surface area contributed by atoms with Gasteiger partial charge in [-0.25, -0.2) is 9.37 Å². The molecule has 0 fully saturated rings. The van der Waals surface area contributed by atoms with Crippen molar-refractivity contribution in [2.75, 3.05) is 46.2 Å². The molecule has 0 spiro atoms. The second-order valence-corrected chi connectivity index (χ2v) is 8.05. The summed E-state index contributed by atoms with van der Waals surface area (Å²) in [4.78, 5) is 23.9. The quantitative estimate of drug-likeness (QED) is 0.593. The average molecular weight is 409 g/mol. The standard InChI is InChI=1S/C24H29FN4O/c1-17-8-6-9-18-14-20(23(28(4)5)26-22(17)18)16-29(13-12-27(2)3)24(30)19-10-7-11-21(25)15-19/h6-11,14-15H,12-13,16H2,1-5H3. The molecule has 0 saturated heterocycles. The van der Waals surface area contributed by atoms with Crippen LogP contribution in [0.25, 0.3) is 10.9 Å². The van der Waals surface area contributed by atoms with Crippen molar-refractivity contribution in [2.45, 2.75) is 13.5 Å². The van der Waals surface area contributed by atoms with E-state index < -0.39 is 5.82 Å². The van der Waals surface area contributed by atoms with E-state index in [2.05, 4.69) is 6.07 Å². The Balaban J connectivity index is 2.01. The van der Waals surface area contributed by atoms with E-state index in [4.69, 9.17) is 4.98 Å². The molecular formula is C24H29FN4O. The van der Waals surface area contributed by atoms with Gasteiger partial charge in [0, 0.05) is 50.2 Å². The molecule has 0 atom stereocenters. The Morgan fingerprint density at radius 3 is 2.40 bits per heavy atom. The zero-order valence-electron chi connectivity index (χ0n) is 18.3. The molecule has 0 bridgehead atoms. The van der Waals surface area contributed by atoms with Gasteiger partial charge in [-0.05, 0) is 50.8 Å². The van der Waals surface area contributed by atoms with Crippen LogP contribution in [-0.2, 0) is 6.54 Å². The lowest BCUT2D eigenvalue weighted by atomic mass is 10.1. The van der Waals surface area contributed by atoms with Gasteiger partial charge in [-0.2, -0.15) is 0 Å². The van der Waals surface area contributed by atoms with Crippen molar-refractivity contribution in [1.29, 1.82) is 0 Å². The van der Waals surface area contributed by atoms with Crippen LogP contribution in [0.5, 0.6) is 0 Å². The van der Waals surface area contributed by atoms with Gasteiger partial charge < -0.3 is 14.7 Å². The number of amides is 1. The number of nitrogens with zero attached hydrogens (tertiary/aromatic N) is 4. The smallest absolute Gasteiger partial charge is 0.254 e. The fourth-order valence-electron chi connectivity index (χ4n) is 3.47. The van der Waals surface area contributed by atoms with Crippen LogP contribution in [0.1, 0.15) is 21.5 Å². The summed E-state index contributed by atoms with van der Waals surface area (Å²) in [5.41, 5.74) is 3.38. The maximum atomic E-state index is 13.7. The van der Waals surface area contributed by atoms with Crippen molar-refractivity contribution in [2.24, 2.45) is 0 Å². The van der Waals surface area contributed by atoms with Crippen molar-refractivity contribution in [1.82, 2.24) is 14.8 Å². The van der Waals surface area contributed by atoms with E-state index in [9.17, 15) is 9.18 Å². The van der Waals surface area contributed by atoms with Crippen molar-refractivity contribution < 1.29 is 9.18 Å². The number of aromatic nitrogens is 1. The molecule has 0 saturated carbocycles. The normalized spacial score (nSPS) is 11.2. The van der Waals surface area contributed by atoms with Gasteiger partial charge >= 0.3 is 0 Å². The first-order valence-corrected chi connectivity index (χ1v) is 10.0. The Morgan fingerprint density at radius 2 is 1.73 bits per heavy atom. The van der Waals surface area contributed by atoms with Gasteiger partial charge in [0.25, 0.3) is 5.91 Å². The number of benzene rings is 2. The monoisotopic (exact) mass is 408 g/mol. The molecule has 0 aliphatic rings. The van der Waals surface area contributed by atoms with Crippen LogP contribution in [0.2, 0.25) is 0 Å². The molecule has 0 aliphatic heterocycles. The van der Waals surface area contributed by atoms with E-state index >= 15 is 0 Å². The summed E-state index contributed by atoms with van der Waals surface area (Å²) < 4.78 is 13.7. The van der Waals surface area contributed by atoms with Gasteiger partial charge in [-0.3, -0.25) is 4.79 Å². The highest BCUT2D eigenvalue weighted by molar-refractivity contribution is 5.94. The number of hydrogen-bond donors (Lipinski definition) is 0. The van der Waals surface area contributed by atoms with Crippen LogP contribution < -0.4 is 4.90 Å². The summed E-state index contributed by atoms with van der Waals surface area (Å²) in [7, 11) is 7.84. The predicted octanol–water partition coefficient (Wildman–Crippen LogP) is 3.95.